The second-order valence-electron chi connectivity index (χ2n) is 6.93. The Morgan fingerprint density at radius 1 is 1.00 bits per heavy atom. The third-order valence-corrected chi connectivity index (χ3v) is 5.14. The second-order valence-corrected chi connectivity index (χ2v) is 6.93. The number of amides is 1. The van der Waals surface area contributed by atoms with Gasteiger partial charge in [-0.3, -0.25) is 4.79 Å². The monoisotopic (exact) mass is 398 g/mol. The van der Waals surface area contributed by atoms with Gasteiger partial charge in [-0.15, -0.1) is 0 Å². The predicted molar refractivity (Wildman–Crippen MR) is 109 cm³/mol. The van der Waals surface area contributed by atoms with E-state index < -0.39 is 0 Å². The molecule has 2 aliphatic heterocycles. The maximum Gasteiger partial charge on any atom is 0.255 e. The van der Waals surface area contributed by atoms with Crippen molar-refractivity contribution in [3.05, 3.63) is 36.3 Å². The van der Waals surface area contributed by atoms with Crippen LogP contribution < -0.4 is 14.5 Å². The van der Waals surface area contributed by atoms with E-state index >= 15 is 0 Å². The highest BCUT2D eigenvalue weighted by Gasteiger charge is 2.24. The molecular formula is C20H26N6O3. The number of carbonyl (C=O) groups is 1. The molecule has 154 valence electrons. The molecule has 0 bridgehead atoms. The number of carbonyl (C=O) groups excluding carboxylic acids is 1. The minimum atomic E-state index is -0.00288. The summed E-state index contributed by atoms with van der Waals surface area (Å²) >= 11 is 0. The smallest absolute Gasteiger partial charge is 0.255 e. The average molecular weight is 398 g/mol. The van der Waals surface area contributed by atoms with Crippen LogP contribution in [0.3, 0.4) is 0 Å². The molecule has 9 nitrogen and oxygen atoms in total. The SMILES string of the molecule is CCOc1ccc(C(=O)N2CCN(c3cc(N4CCOCC4)ncn3)CC2)cn1. The fourth-order valence-corrected chi connectivity index (χ4v) is 3.54. The Labute approximate surface area is 170 Å². The van der Waals surface area contributed by atoms with Gasteiger partial charge in [0, 0.05) is 57.6 Å². The molecule has 0 aromatic carbocycles. The maximum atomic E-state index is 12.8. The molecule has 4 rings (SSSR count). The summed E-state index contributed by atoms with van der Waals surface area (Å²) in [5, 5.41) is 0. The van der Waals surface area contributed by atoms with Crippen LogP contribution in [0.5, 0.6) is 5.88 Å². The van der Waals surface area contributed by atoms with Crippen LogP contribution in [0.2, 0.25) is 0 Å². The van der Waals surface area contributed by atoms with Gasteiger partial charge >= 0.3 is 0 Å². The molecule has 0 atom stereocenters. The fraction of sp³-hybridized carbons (Fsp3) is 0.500. The molecule has 2 fully saturated rings. The Morgan fingerprint density at radius 2 is 1.69 bits per heavy atom. The van der Waals surface area contributed by atoms with E-state index in [0.29, 0.717) is 31.1 Å². The lowest BCUT2D eigenvalue weighted by Crippen LogP contribution is -2.49. The van der Waals surface area contributed by atoms with Gasteiger partial charge in [0.05, 0.1) is 25.4 Å². The summed E-state index contributed by atoms with van der Waals surface area (Å²) in [6, 6.07) is 5.53. The number of aromatic nitrogens is 3. The summed E-state index contributed by atoms with van der Waals surface area (Å²) < 4.78 is 10.8. The van der Waals surface area contributed by atoms with Crippen LogP contribution in [-0.4, -0.2) is 84.8 Å². The molecule has 0 radical (unpaired) electrons. The summed E-state index contributed by atoms with van der Waals surface area (Å²) in [5.74, 6) is 2.36. The van der Waals surface area contributed by atoms with Crippen molar-refractivity contribution in [1.29, 1.82) is 0 Å². The van der Waals surface area contributed by atoms with Crippen LogP contribution in [0.4, 0.5) is 11.6 Å². The van der Waals surface area contributed by atoms with Crippen LogP contribution in [0.15, 0.2) is 30.7 Å². The predicted octanol–water partition coefficient (Wildman–Crippen LogP) is 1.07. The first kappa shape index (κ1) is 19.4. The zero-order valence-corrected chi connectivity index (χ0v) is 16.7. The molecule has 2 aromatic rings. The molecule has 0 unspecified atom stereocenters. The van der Waals surface area contributed by atoms with E-state index in [-0.39, 0.29) is 5.91 Å². The molecule has 0 aliphatic carbocycles. The van der Waals surface area contributed by atoms with E-state index in [4.69, 9.17) is 9.47 Å². The van der Waals surface area contributed by atoms with Gasteiger partial charge in [0.25, 0.3) is 5.91 Å². The van der Waals surface area contributed by atoms with Crippen molar-refractivity contribution in [2.75, 3.05) is 68.9 Å². The lowest BCUT2D eigenvalue weighted by atomic mass is 10.2. The van der Waals surface area contributed by atoms with Crippen LogP contribution in [-0.2, 0) is 4.74 Å². The Morgan fingerprint density at radius 3 is 2.31 bits per heavy atom. The highest BCUT2D eigenvalue weighted by atomic mass is 16.5. The van der Waals surface area contributed by atoms with Crippen molar-refractivity contribution in [1.82, 2.24) is 19.9 Å². The third-order valence-electron chi connectivity index (χ3n) is 5.14. The number of ether oxygens (including phenoxy) is 2. The number of rotatable bonds is 5. The van der Waals surface area contributed by atoms with Crippen molar-refractivity contribution in [3.8, 4) is 5.88 Å². The molecule has 0 saturated carbocycles. The molecular weight excluding hydrogens is 372 g/mol. The van der Waals surface area contributed by atoms with Gasteiger partial charge in [0.15, 0.2) is 0 Å². The number of morpholine rings is 1. The minimum Gasteiger partial charge on any atom is -0.478 e. The van der Waals surface area contributed by atoms with E-state index in [2.05, 4.69) is 24.8 Å². The second kappa shape index (κ2) is 9.04. The van der Waals surface area contributed by atoms with Gasteiger partial charge in [-0.1, -0.05) is 0 Å². The summed E-state index contributed by atoms with van der Waals surface area (Å²) in [6.45, 7) is 8.34. The molecule has 9 heteroatoms. The molecule has 2 saturated heterocycles. The van der Waals surface area contributed by atoms with Crippen molar-refractivity contribution < 1.29 is 14.3 Å². The molecule has 0 spiro atoms. The highest BCUT2D eigenvalue weighted by molar-refractivity contribution is 5.94. The first-order valence-corrected chi connectivity index (χ1v) is 10.0. The summed E-state index contributed by atoms with van der Waals surface area (Å²) in [5.41, 5.74) is 0.582. The number of hydrogen-bond acceptors (Lipinski definition) is 8. The number of nitrogens with zero attached hydrogens (tertiary/aromatic N) is 6. The molecule has 0 N–H and O–H groups in total. The number of anilines is 2. The summed E-state index contributed by atoms with van der Waals surface area (Å²) in [7, 11) is 0. The van der Waals surface area contributed by atoms with Crippen LogP contribution in [0, 0.1) is 0 Å². The van der Waals surface area contributed by atoms with Crippen LogP contribution in [0.1, 0.15) is 17.3 Å². The maximum absolute atomic E-state index is 12.8. The van der Waals surface area contributed by atoms with Crippen LogP contribution >= 0.6 is 0 Å². The van der Waals surface area contributed by atoms with E-state index in [1.165, 1.54) is 0 Å². The van der Waals surface area contributed by atoms with Crippen LogP contribution in [0.25, 0.3) is 0 Å². The first-order valence-electron chi connectivity index (χ1n) is 10.0. The fourth-order valence-electron chi connectivity index (χ4n) is 3.54. The molecule has 2 aliphatic rings. The number of hydrogen-bond donors (Lipinski definition) is 0. The Kier molecular flexibility index (Phi) is 6.04. The van der Waals surface area contributed by atoms with Gasteiger partial charge in [-0.2, -0.15) is 0 Å². The third kappa shape index (κ3) is 4.56. The van der Waals surface area contributed by atoms with E-state index in [9.17, 15) is 4.79 Å². The van der Waals surface area contributed by atoms with Gasteiger partial charge in [-0.05, 0) is 13.0 Å². The van der Waals surface area contributed by atoms with Crippen molar-refractivity contribution in [2.24, 2.45) is 0 Å². The lowest BCUT2D eigenvalue weighted by molar-refractivity contribution is 0.0746. The van der Waals surface area contributed by atoms with E-state index in [0.717, 1.165) is 51.0 Å². The van der Waals surface area contributed by atoms with Gasteiger partial charge in [-0.25, -0.2) is 15.0 Å². The standard InChI is InChI=1S/C20H26N6O3/c1-2-29-19-4-3-16(14-21-19)20(27)26-7-5-24(6-8-26)17-13-18(23-15-22-17)25-9-11-28-12-10-25/h3-4,13-15H,2,5-12H2,1H3. The minimum absolute atomic E-state index is 0.00288. The van der Waals surface area contributed by atoms with Gasteiger partial charge < -0.3 is 24.2 Å². The zero-order valence-electron chi connectivity index (χ0n) is 16.7. The Hall–Kier alpha value is -2.94. The zero-order chi connectivity index (χ0) is 20.1. The lowest BCUT2D eigenvalue weighted by Gasteiger charge is -2.36. The Balaban J connectivity index is 1.36. The van der Waals surface area contributed by atoms with Crippen molar-refractivity contribution in [2.45, 2.75) is 6.92 Å². The average Bonchev–Trinajstić information content (AvgIpc) is 2.80. The molecule has 4 heterocycles. The topological polar surface area (TPSA) is 83.9 Å². The molecule has 2 aromatic heterocycles. The van der Waals surface area contributed by atoms with Gasteiger partial charge in [0.2, 0.25) is 5.88 Å². The van der Waals surface area contributed by atoms with E-state index in [1.807, 2.05) is 17.9 Å². The van der Waals surface area contributed by atoms with Gasteiger partial charge in [0.1, 0.15) is 18.0 Å². The van der Waals surface area contributed by atoms with Crippen molar-refractivity contribution in [3.63, 3.8) is 0 Å². The highest BCUT2D eigenvalue weighted by Crippen LogP contribution is 2.20. The Bertz CT molecular complexity index is 817. The molecule has 1 amide bonds. The van der Waals surface area contributed by atoms with E-state index in [1.54, 1.807) is 24.7 Å². The first-order chi connectivity index (χ1) is 14.2. The van der Waals surface area contributed by atoms with Crippen molar-refractivity contribution >= 4 is 17.5 Å². The quantitative estimate of drug-likeness (QED) is 0.740. The number of piperazine rings is 1. The largest absolute Gasteiger partial charge is 0.478 e. The summed E-state index contributed by atoms with van der Waals surface area (Å²) in [6.07, 6.45) is 3.20. The summed E-state index contributed by atoms with van der Waals surface area (Å²) in [4.78, 5) is 32.1. The number of pyridine rings is 1. The normalized spacial score (nSPS) is 17.3. The molecule has 29 heavy (non-hydrogen) atoms.